The van der Waals surface area contributed by atoms with Gasteiger partial charge < -0.3 is 10.6 Å². The molecule has 4 heteroatoms. The van der Waals surface area contributed by atoms with E-state index in [4.69, 9.17) is 11.6 Å². The third-order valence-electron chi connectivity index (χ3n) is 3.25. The Hall–Kier alpha value is -0.800. The number of hydrogen-bond acceptors (Lipinski definition) is 3. The maximum Gasteiger partial charge on any atom is 0.129 e. The zero-order valence-electron chi connectivity index (χ0n) is 10.5. The van der Waals surface area contributed by atoms with Gasteiger partial charge in [0.05, 0.1) is 11.4 Å². The van der Waals surface area contributed by atoms with Crippen LogP contribution in [0.3, 0.4) is 0 Å². The number of hydrogen-bond donors (Lipinski definition) is 2. The van der Waals surface area contributed by atoms with Gasteiger partial charge in [0.1, 0.15) is 5.15 Å². The van der Waals surface area contributed by atoms with E-state index in [-0.39, 0.29) is 0 Å². The van der Waals surface area contributed by atoms with Crippen LogP contribution in [0.2, 0.25) is 5.15 Å². The molecule has 1 aromatic heterocycles. The molecule has 0 amide bonds. The average Bonchev–Trinajstić information content (AvgIpc) is 2.75. The van der Waals surface area contributed by atoms with Crippen LogP contribution in [-0.4, -0.2) is 23.6 Å². The van der Waals surface area contributed by atoms with Crippen LogP contribution in [0.4, 0.5) is 5.69 Å². The van der Waals surface area contributed by atoms with Crippen LogP contribution in [0.15, 0.2) is 12.1 Å². The molecule has 17 heavy (non-hydrogen) atoms. The van der Waals surface area contributed by atoms with Gasteiger partial charge in [-0.2, -0.15) is 0 Å². The molecule has 1 aromatic rings. The maximum absolute atomic E-state index is 5.84. The van der Waals surface area contributed by atoms with Crippen LogP contribution in [0.25, 0.3) is 0 Å². The number of halogens is 1. The Morgan fingerprint density at radius 2 is 2.41 bits per heavy atom. The first-order valence-electron chi connectivity index (χ1n) is 6.28. The second kappa shape index (κ2) is 5.69. The summed E-state index contributed by atoms with van der Waals surface area (Å²) in [6.07, 6.45) is 3.75. The van der Waals surface area contributed by atoms with Crippen molar-refractivity contribution in [3.05, 3.63) is 23.0 Å². The van der Waals surface area contributed by atoms with E-state index in [2.05, 4.69) is 22.5 Å². The van der Waals surface area contributed by atoms with Crippen molar-refractivity contribution in [1.29, 1.82) is 0 Å². The van der Waals surface area contributed by atoms with Gasteiger partial charge in [-0.3, -0.25) is 0 Å². The summed E-state index contributed by atoms with van der Waals surface area (Å²) in [7, 11) is 0. The third kappa shape index (κ3) is 3.58. The number of nitrogens with zero attached hydrogens (tertiary/aromatic N) is 1. The van der Waals surface area contributed by atoms with E-state index < -0.39 is 0 Å². The number of aromatic nitrogens is 1. The monoisotopic (exact) mass is 253 g/mol. The highest BCUT2D eigenvalue weighted by molar-refractivity contribution is 6.29. The van der Waals surface area contributed by atoms with Crippen molar-refractivity contribution >= 4 is 17.3 Å². The van der Waals surface area contributed by atoms with E-state index in [9.17, 15) is 0 Å². The summed E-state index contributed by atoms with van der Waals surface area (Å²) in [4.78, 5) is 4.25. The summed E-state index contributed by atoms with van der Waals surface area (Å²) in [6.45, 7) is 5.36. The highest BCUT2D eigenvalue weighted by Crippen LogP contribution is 2.19. The van der Waals surface area contributed by atoms with Gasteiger partial charge in [0, 0.05) is 12.1 Å². The highest BCUT2D eigenvalue weighted by atomic mass is 35.5. The molecule has 0 saturated carbocycles. The molecule has 1 aliphatic rings. The molecule has 0 aliphatic carbocycles. The molecule has 2 atom stereocenters. The Kier molecular flexibility index (Phi) is 4.24. The first-order valence-corrected chi connectivity index (χ1v) is 6.66. The summed E-state index contributed by atoms with van der Waals surface area (Å²) >= 11 is 5.84. The normalized spacial score (nSPS) is 21.5. The fraction of sp³-hybridized carbons (Fsp3) is 0.615. The molecule has 2 N–H and O–H groups in total. The fourth-order valence-electron chi connectivity index (χ4n) is 2.39. The summed E-state index contributed by atoms with van der Waals surface area (Å²) in [6, 6.07) is 4.95. The van der Waals surface area contributed by atoms with E-state index in [1.54, 1.807) is 0 Å². The molecule has 94 valence electrons. The summed E-state index contributed by atoms with van der Waals surface area (Å²) in [5.41, 5.74) is 2.05. The molecule has 0 bridgehead atoms. The largest absolute Gasteiger partial charge is 0.381 e. The Bertz CT molecular complexity index is 375. The lowest BCUT2D eigenvalue weighted by atomic mass is 10.1. The van der Waals surface area contributed by atoms with E-state index >= 15 is 0 Å². The standard InChI is InChI=1S/C13H20ClN3/c1-9(8-11-4-3-7-15-11)16-12-5-6-13(14)17-10(12)2/h5-6,9,11,15-16H,3-4,7-8H2,1-2H3. The molecule has 2 rings (SSSR count). The third-order valence-corrected chi connectivity index (χ3v) is 3.46. The van der Waals surface area contributed by atoms with E-state index in [1.165, 1.54) is 19.4 Å². The summed E-state index contributed by atoms with van der Waals surface area (Å²) in [5, 5.41) is 7.58. The van der Waals surface area contributed by atoms with Crippen molar-refractivity contribution in [1.82, 2.24) is 10.3 Å². The number of aryl methyl sites for hydroxylation is 1. The lowest BCUT2D eigenvalue weighted by Crippen LogP contribution is -2.29. The molecule has 0 radical (unpaired) electrons. The number of pyridine rings is 1. The second-order valence-corrected chi connectivity index (χ2v) is 5.23. The molecule has 1 fully saturated rings. The van der Waals surface area contributed by atoms with Gasteiger partial charge in [-0.05, 0) is 51.8 Å². The number of rotatable bonds is 4. The van der Waals surface area contributed by atoms with E-state index in [0.717, 1.165) is 17.8 Å². The van der Waals surface area contributed by atoms with Crippen molar-refractivity contribution in [3.8, 4) is 0 Å². The SMILES string of the molecule is Cc1nc(Cl)ccc1NC(C)CC1CCCN1. The smallest absolute Gasteiger partial charge is 0.129 e. The molecule has 1 saturated heterocycles. The first kappa shape index (κ1) is 12.7. The van der Waals surface area contributed by atoms with Crippen LogP contribution in [0.5, 0.6) is 0 Å². The Balaban J connectivity index is 1.90. The van der Waals surface area contributed by atoms with Gasteiger partial charge in [0.15, 0.2) is 0 Å². The van der Waals surface area contributed by atoms with Gasteiger partial charge in [-0.15, -0.1) is 0 Å². The van der Waals surface area contributed by atoms with Crippen molar-refractivity contribution < 1.29 is 0 Å². The van der Waals surface area contributed by atoms with Gasteiger partial charge in [0.25, 0.3) is 0 Å². The van der Waals surface area contributed by atoms with Crippen molar-refractivity contribution in [2.75, 3.05) is 11.9 Å². The van der Waals surface area contributed by atoms with Gasteiger partial charge in [-0.1, -0.05) is 11.6 Å². The molecule has 3 nitrogen and oxygen atoms in total. The zero-order chi connectivity index (χ0) is 12.3. The van der Waals surface area contributed by atoms with Crippen LogP contribution >= 0.6 is 11.6 Å². The average molecular weight is 254 g/mol. The molecular formula is C13H20ClN3. The van der Waals surface area contributed by atoms with Gasteiger partial charge in [-0.25, -0.2) is 4.98 Å². The van der Waals surface area contributed by atoms with Crippen molar-refractivity contribution in [2.45, 2.75) is 45.2 Å². The molecular weight excluding hydrogens is 234 g/mol. The first-order chi connectivity index (χ1) is 8.15. The predicted octanol–water partition coefficient (Wildman–Crippen LogP) is 2.99. The Morgan fingerprint density at radius 1 is 1.59 bits per heavy atom. The quantitative estimate of drug-likeness (QED) is 0.810. The van der Waals surface area contributed by atoms with E-state index in [1.807, 2.05) is 19.1 Å². The van der Waals surface area contributed by atoms with Gasteiger partial charge in [0.2, 0.25) is 0 Å². The molecule has 2 unspecified atom stereocenters. The van der Waals surface area contributed by atoms with Crippen molar-refractivity contribution in [3.63, 3.8) is 0 Å². The fourth-order valence-corrected chi connectivity index (χ4v) is 2.58. The lowest BCUT2D eigenvalue weighted by molar-refractivity contribution is 0.523. The van der Waals surface area contributed by atoms with Crippen LogP contribution in [0, 0.1) is 6.92 Å². The predicted molar refractivity (Wildman–Crippen MR) is 72.7 cm³/mol. The number of anilines is 1. The molecule has 2 heterocycles. The molecule has 0 aromatic carbocycles. The van der Waals surface area contributed by atoms with Crippen LogP contribution in [0.1, 0.15) is 31.9 Å². The minimum absolute atomic E-state index is 0.451. The van der Waals surface area contributed by atoms with Crippen LogP contribution in [-0.2, 0) is 0 Å². The van der Waals surface area contributed by atoms with E-state index in [0.29, 0.717) is 17.2 Å². The van der Waals surface area contributed by atoms with Crippen LogP contribution < -0.4 is 10.6 Å². The highest BCUT2D eigenvalue weighted by Gasteiger charge is 2.17. The minimum atomic E-state index is 0.451. The summed E-state index contributed by atoms with van der Waals surface area (Å²) in [5.74, 6) is 0. The maximum atomic E-state index is 5.84. The number of nitrogens with one attached hydrogen (secondary N) is 2. The summed E-state index contributed by atoms with van der Waals surface area (Å²) < 4.78 is 0. The minimum Gasteiger partial charge on any atom is -0.381 e. The van der Waals surface area contributed by atoms with Crippen molar-refractivity contribution in [2.24, 2.45) is 0 Å². The topological polar surface area (TPSA) is 37.0 Å². The Morgan fingerprint density at radius 3 is 3.06 bits per heavy atom. The second-order valence-electron chi connectivity index (χ2n) is 4.84. The van der Waals surface area contributed by atoms with Gasteiger partial charge >= 0.3 is 0 Å². The zero-order valence-corrected chi connectivity index (χ0v) is 11.2. The lowest BCUT2D eigenvalue weighted by Gasteiger charge is -2.20. The molecule has 0 spiro atoms. The molecule has 1 aliphatic heterocycles. The Labute approximate surface area is 108 Å².